The van der Waals surface area contributed by atoms with Crippen LogP contribution in [0.5, 0.6) is 11.5 Å². The molecule has 26 heavy (non-hydrogen) atoms. The summed E-state index contributed by atoms with van der Waals surface area (Å²) in [7, 11) is 0. The van der Waals surface area contributed by atoms with E-state index in [1.807, 2.05) is 19.1 Å². The summed E-state index contributed by atoms with van der Waals surface area (Å²) in [6, 6.07) is 13.7. The van der Waals surface area contributed by atoms with Gasteiger partial charge in [-0.1, -0.05) is 22.9 Å². The van der Waals surface area contributed by atoms with Gasteiger partial charge >= 0.3 is 12.0 Å². The number of amides is 2. The van der Waals surface area contributed by atoms with Crippen LogP contribution in [0.1, 0.15) is 19.8 Å². The van der Waals surface area contributed by atoms with Crippen molar-refractivity contribution < 1.29 is 19.1 Å². The maximum absolute atomic E-state index is 11.8. The van der Waals surface area contributed by atoms with E-state index in [-0.39, 0.29) is 19.0 Å². The summed E-state index contributed by atoms with van der Waals surface area (Å²) < 4.78 is 11.6. The first-order valence-corrected chi connectivity index (χ1v) is 9.10. The average molecular weight is 421 g/mol. The second-order valence-electron chi connectivity index (χ2n) is 5.43. The number of halogens is 1. The molecule has 2 rings (SSSR count). The molecule has 0 atom stereocenters. The first-order valence-electron chi connectivity index (χ1n) is 8.31. The number of hydrogen-bond acceptors (Lipinski definition) is 4. The fraction of sp³-hybridized carbons (Fsp3) is 0.263. The molecule has 0 aromatic heterocycles. The zero-order chi connectivity index (χ0) is 18.8. The van der Waals surface area contributed by atoms with Gasteiger partial charge in [-0.25, -0.2) is 4.79 Å². The Balaban J connectivity index is 1.68. The van der Waals surface area contributed by atoms with Crippen molar-refractivity contribution in [1.29, 1.82) is 0 Å². The fourth-order valence-corrected chi connectivity index (χ4v) is 2.26. The molecule has 0 aliphatic carbocycles. The quantitative estimate of drug-likeness (QED) is 0.491. The van der Waals surface area contributed by atoms with Crippen LogP contribution < -0.4 is 20.1 Å². The van der Waals surface area contributed by atoms with Crippen LogP contribution in [0.2, 0.25) is 0 Å². The van der Waals surface area contributed by atoms with Gasteiger partial charge in [0, 0.05) is 16.7 Å². The molecule has 6 nitrogen and oxygen atoms in total. The Hall–Kier alpha value is -2.54. The predicted octanol–water partition coefficient (Wildman–Crippen LogP) is 4.36. The third kappa shape index (κ3) is 7.14. The molecule has 2 aromatic rings. The fourth-order valence-electron chi connectivity index (χ4n) is 1.99. The lowest BCUT2D eigenvalue weighted by Crippen LogP contribution is -2.31. The van der Waals surface area contributed by atoms with Crippen molar-refractivity contribution in [2.75, 3.05) is 18.5 Å². The van der Waals surface area contributed by atoms with E-state index in [1.165, 1.54) is 0 Å². The summed E-state index contributed by atoms with van der Waals surface area (Å²) in [6.45, 7) is 2.86. The number of rotatable bonds is 8. The van der Waals surface area contributed by atoms with E-state index in [2.05, 4.69) is 26.6 Å². The van der Waals surface area contributed by atoms with E-state index in [0.29, 0.717) is 18.0 Å². The Morgan fingerprint density at radius 2 is 1.65 bits per heavy atom. The minimum atomic E-state index is -0.420. The number of hydrogen-bond donors (Lipinski definition) is 2. The molecule has 0 saturated carbocycles. The highest BCUT2D eigenvalue weighted by Crippen LogP contribution is 2.18. The van der Waals surface area contributed by atoms with Gasteiger partial charge in [-0.05, 0) is 55.0 Å². The molecule has 2 amide bonds. The van der Waals surface area contributed by atoms with Crippen LogP contribution in [-0.2, 0) is 4.79 Å². The number of carbonyl (C=O) groups is 2. The molecular weight excluding hydrogens is 400 g/mol. The molecule has 0 unspecified atom stereocenters. The predicted molar refractivity (Wildman–Crippen MR) is 104 cm³/mol. The lowest BCUT2D eigenvalue weighted by Gasteiger charge is -2.08. The summed E-state index contributed by atoms with van der Waals surface area (Å²) in [4.78, 5) is 23.6. The zero-order valence-electron chi connectivity index (χ0n) is 14.5. The van der Waals surface area contributed by atoms with Crippen LogP contribution in [-0.4, -0.2) is 25.2 Å². The third-order valence-corrected chi connectivity index (χ3v) is 3.77. The van der Waals surface area contributed by atoms with Gasteiger partial charge in [0.2, 0.25) is 0 Å². The monoisotopic (exact) mass is 420 g/mol. The standard InChI is InChI=1S/C19H21BrN2O4/c1-2-13-25-16-7-9-17(10-8-16)26-18(23)11-12-21-19(24)22-15-5-3-14(20)4-6-15/h3-10H,2,11-13H2,1H3,(H2,21,22,24). The van der Waals surface area contributed by atoms with E-state index in [9.17, 15) is 9.59 Å². The van der Waals surface area contributed by atoms with E-state index in [4.69, 9.17) is 9.47 Å². The van der Waals surface area contributed by atoms with Crippen LogP contribution in [0.25, 0.3) is 0 Å². The molecule has 0 radical (unpaired) electrons. The van der Waals surface area contributed by atoms with E-state index >= 15 is 0 Å². The summed E-state index contributed by atoms with van der Waals surface area (Å²) >= 11 is 3.32. The second-order valence-corrected chi connectivity index (χ2v) is 6.35. The highest BCUT2D eigenvalue weighted by Gasteiger charge is 2.07. The van der Waals surface area contributed by atoms with Crippen LogP contribution >= 0.6 is 15.9 Å². The summed E-state index contributed by atoms with van der Waals surface area (Å²) in [6.07, 6.45) is 1.00. The average Bonchev–Trinajstić information content (AvgIpc) is 2.63. The molecular formula is C19H21BrN2O4. The smallest absolute Gasteiger partial charge is 0.319 e. The highest BCUT2D eigenvalue weighted by atomic mass is 79.9. The number of anilines is 1. The number of benzene rings is 2. The number of nitrogens with one attached hydrogen (secondary N) is 2. The second kappa shape index (κ2) is 10.5. The third-order valence-electron chi connectivity index (χ3n) is 3.25. The van der Waals surface area contributed by atoms with Gasteiger partial charge in [0.25, 0.3) is 0 Å². The maximum Gasteiger partial charge on any atom is 0.319 e. The molecule has 0 bridgehead atoms. The first-order chi connectivity index (χ1) is 12.6. The first kappa shape index (κ1) is 19.8. The topological polar surface area (TPSA) is 76.7 Å². The minimum Gasteiger partial charge on any atom is -0.494 e. The molecule has 0 heterocycles. The number of carbonyl (C=O) groups excluding carboxylic acids is 2. The van der Waals surface area contributed by atoms with Gasteiger partial charge < -0.3 is 20.1 Å². The molecule has 2 N–H and O–H groups in total. The summed E-state index contributed by atoms with van der Waals surface area (Å²) in [5.74, 6) is 0.757. The lowest BCUT2D eigenvalue weighted by molar-refractivity contribution is -0.134. The van der Waals surface area contributed by atoms with Crippen LogP contribution in [0, 0.1) is 0 Å². The Bertz CT molecular complexity index is 717. The van der Waals surface area contributed by atoms with Crippen LogP contribution in [0.4, 0.5) is 10.5 Å². The maximum atomic E-state index is 11.8. The number of esters is 1. The Morgan fingerprint density at radius 3 is 2.31 bits per heavy atom. The molecule has 2 aromatic carbocycles. The molecule has 0 fully saturated rings. The van der Waals surface area contributed by atoms with Gasteiger partial charge in [0.15, 0.2) is 0 Å². The summed E-state index contributed by atoms with van der Waals surface area (Å²) in [5, 5.41) is 5.29. The SMILES string of the molecule is CCCOc1ccc(OC(=O)CCNC(=O)Nc2ccc(Br)cc2)cc1. The van der Waals surface area contributed by atoms with E-state index in [0.717, 1.165) is 16.6 Å². The van der Waals surface area contributed by atoms with E-state index in [1.54, 1.807) is 36.4 Å². The normalized spacial score (nSPS) is 10.1. The van der Waals surface area contributed by atoms with E-state index < -0.39 is 5.97 Å². The molecule has 138 valence electrons. The van der Waals surface area contributed by atoms with Crippen molar-refractivity contribution in [3.05, 3.63) is 53.0 Å². The van der Waals surface area contributed by atoms with Gasteiger partial charge in [-0.3, -0.25) is 4.79 Å². The van der Waals surface area contributed by atoms with Crippen molar-refractivity contribution in [3.8, 4) is 11.5 Å². The zero-order valence-corrected chi connectivity index (χ0v) is 16.0. The highest BCUT2D eigenvalue weighted by molar-refractivity contribution is 9.10. The molecule has 0 aliphatic heterocycles. The van der Waals surface area contributed by atoms with Crippen LogP contribution in [0.3, 0.4) is 0 Å². The van der Waals surface area contributed by atoms with Crippen molar-refractivity contribution >= 4 is 33.6 Å². The number of ether oxygens (including phenoxy) is 2. The lowest BCUT2D eigenvalue weighted by atomic mass is 10.3. The molecule has 0 spiro atoms. The Labute approximate surface area is 161 Å². The van der Waals surface area contributed by atoms with Crippen molar-refractivity contribution in [2.24, 2.45) is 0 Å². The van der Waals surface area contributed by atoms with Crippen molar-refractivity contribution in [1.82, 2.24) is 5.32 Å². The van der Waals surface area contributed by atoms with Gasteiger partial charge in [-0.15, -0.1) is 0 Å². The van der Waals surface area contributed by atoms with Gasteiger partial charge in [0.05, 0.1) is 13.0 Å². The Kier molecular flexibility index (Phi) is 7.95. The molecule has 7 heteroatoms. The number of urea groups is 1. The van der Waals surface area contributed by atoms with Gasteiger partial charge in [0.1, 0.15) is 11.5 Å². The van der Waals surface area contributed by atoms with Crippen molar-refractivity contribution in [3.63, 3.8) is 0 Å². The van der Waals surface area contributed by atoms with Gasteiger partial charge in [-0.2, -0.15) is 0 Å². The Morgan fingerprint density at radius 1 is 1.00 bits per heavy atom. The largest absolute Gasteiger partial charge is 0.494 e. The summed E-state index contributed by atoms with van der Waals surface area (Å²) in [5.41, 5.74) is 0.665. The van der Waals surface area contributed by atoms with Crippen LogP contribution in [0.15, 0.2) is 53.0 Å². The molecule has 0 aliphatic rings. The van der Waals surface area contributed by atoms with Crippen molar-refractivity contribution in [2.45, 2.75) is 19.8 Å². The molecule has 0 saturated heterocycles. The minimum absolute atomic E-state index is 0.0713.